The van der Waals surface area contributed by atoms with Crippen molar-refractivity contribution >= 4 is 22.5 Å². The molecule has 31 heavy (non-hydrogen) atoms. The number of likely N-dealkylation sites (tertiary alicyclic amines) is 1. The van der Waals surface area contributed by atoms with Crippen LogP contribution in [0, 0.1) is 0 Å². The highest BCUT2D eigenvalue weighted by molar-refractivity contribution is 6.30. The van der Waals surface area contributed by atoms with Gasteiger partial charge in [0.2, 0.25) is 0 Å². The zero-order valence-corrected chi connectivity index (χ0v) is 18.2. The van der Waals surface area contributed by atoms with Crippen LogP contribution >= 0.6 is 11.6 Å². The van der Waals surface area contributed by atoms with E-state index in [-0.39, 0.29) is 0 Å². The quantitative estimate of drug-likeness (QED) is 0.341. The van der Waals surface area contributed by atoms with E-state index in [1.54, 1.807) is 0 Å². The molecular weight excluding hydrogens is 404 g/mol. The van der Waals surface area contributed by atoms with Gasteiger partial charge in [0.15, 0.2) is 0 Å². The van der Waals surface area contributed by atoms with Crippen LogP contribution in [0.25, 0.3) is 33.3 Å². The molecule has 1 aromatic heterocycles. The number of rotatable bonds is 6. The summed E-state index contributed by atoms with van der Waals surface area (Å²) in [5.41, 5.74) is 5.36. The molecule has 0 N–H and O–H groups in total. The molecule has 156 valence electrons. The van der Waals surface area contributed by atoms with E-state index in [9.17, 15) is 0 Å². The third-order valence-corrected chi connectivity index (χ3v) is 6.14. The van der Waals surface area contributed by atoms with Crippen LogP contribution < -0.4 is 4.74 Å². The Hall–Kier alpha value is -2.88. The summed E-state index contributed by atoms with van der Waals surface area (Å²) in [4.78, 5) is 7.33. The van der Waals surface area contributed by atoms with Crippen LogP contribution in [0.15, 0.2) is 78.9 Å². The minimum absolute atomic E-state index is 0.740. The van der Waals surface area contributed by atoms with Crippen LogP contribution in [0.5, 0.6) is 5.75 Å². The van der Waals surface area contributed by atoms with E-state index >= 15 is 0 Å². The van der Waals surface area contributed by atoms with Crippen LogP contribution in [0.3, 0.4) is 0 Å². The molecule has 0 saturated carbocycles. The van der Waals surface area contributed by atoms with Crippen molar-refractivity contribution in [3.8, 4) is 28.1 Å². The Labute approximate surface area is 188 Å². The van der Waals surface area contributed by atoms with Gasteiger partial charge in [0.1, 0.15) is 12.4 Å². The fourth-order valence-electron chi connectivity index (χ4n) is 4.13. The van der Waals surface area contributed by atoms with Gasteiger partial charge in [0.25, 0.3) is 0 Å². The van der Waals surface area contributed by atoms with Gasteiger partial charge in [-0.1, -0.05) is 35.9 Å². The molecule has 4 aromatic rings. The average Bonchev–Trinajstić information content (AvgIpc) is 3.33. The summed E-state index contributed by atoms with van der Waals surface area (Å²) in [6, 6.07) is 26.7. The standard InChI is InChI=1S/C27H25ClN2O/c28-24-9-3-20(4-10-24)22-7-13-27-23(19-22)8-14-26(29-27)21-5-11-25(12-6-21)31-18-17-30-15-1-2-16-30/h3-14,19H,1-2,15-18H2. The topological polar surface area (TPSA) is 25.4 Å². The fraction of sp³-hybridized carbons (Fsp3) is 0.222. The lowest BCUT2D eigenvalue weighted by atomic mass is 10.0. The van der Waals surface area contributed by atoms with Gasteiger partial charge >= 0.3 is 0 Å². The van der Waals surface area contributed by atoms with E-state index in [0.717, 1.165) is 57.2 Å². The molecule has 0 radical (unpaired) electrons. The fourth-order valence-corrected chi connectivity index (χ4v) is 4.25. The third-order valence-electron chi connectivity index (χ3n) is 5.89. The Bertz CT molecular complexity index is 1170. The van der Waals surface area contributed by atoms with Gasteiger partial charge in [-0.15, -0.1) is 0 Å². The highest BCUT2D eigenvalue weighted by Crippen LogP contribution is 2.28. The SMILES string of the molecule is Clc1ccc(-c2ccc3nc(-c4ccc(OCCN5CCCC5)cc4)ccc3c2)cc1. The summed E-state index contributed by atoms with van der Waals surface area (Å²) < 4.78 is 5.92. The van der Waals surface area contributed by atoms with Crippen molar-refractivity contribution in [1.82, 2.24) is 9.88 Å². The third kappa shape index (κ3) is 4.73. The smallest absolute Gasteiger partial charge is 0.119 e. The van der Waals surface area contributed by atoms with E-state index in [0.29, 0.717) is 0 Å². The molecule has 4 heteroatoms. The average molecular weight is 429 g/mol. The highest BCUT2D eigenvalue weighted by atomic mass is 35.5. The molecule has 1 fully saturated rings. The van der Waals surface area contributed by atoms with Gasteiger partial charge in [-0.25, -0.2) is 4.98 Å². The number of fused-ring (bicyclic) bond motifs is 1. The van der Waals surface area contributed by atoms with Crippen LogP contribution in [-0.4, -0.2) is 36.1 Å². The first-order valence-electron chi connectivity index (χ1n) is 10.9. The maximum absolute atomic E-state index is 6.01. The molecule has 1 aliphatic heterocycles. The Kier molecular flexibility index (Phi) is 5.88. The Morgan fingerprint density at radius 2 is 1.48 bits per heavy atom. The molecule has 3 aromatic carbocycles. The van der Waals surface area contributed by atoms with Crippen LogP contribution in [0.2, 0.25) is 5.02 Å². The van der Waals surface area contributed by atoms with Crippen molar-refractivity contribution in [3.05, 3.63) is 83.9 Å². The van der Waals surface area contributed by atoms with Gasteiger partial charge in [0.05, 0.1) is 11.2 Å². The molecule has 0 unspecified atom stereocenters. The van der Waals surface area contributed by atoms with Crippen molar-refractivity contribution in [1.29, 1.82) is 0 Å². The van der Waals surface area contributed by atoms with Gasteiger partial charge in [-0.05, 0) is 91.7 Å². The number of nitrogens with zero attached hydrogens (tertiary/aromatic N) is 2. The molecule has 0 aliphatic carbocycles. The number of ether oxygens (including phenoxy) is 1. The van der Waals surface area contributed by atoms with E-state index < -0.39 is 0 Å². The highest BCUT2D eigenvalue weighted by Gasteiger charge is 2.11. The van der Waals surface area contributed by atoms with Crippen molar-refractivity contribution < 1.29 is 4.74 Å². The summed E-state index contributed by atoms with van der Waals surface area (Å²) in [6.07, 6.45) is 2.63. The first-order chi connectivity index (χ1) is 15.2. The predicted molar refractivity (Wildman–Crippen MR) is 129 cm³/mol. The van der Waals surface area contributed by atoms with Crippen LogP contribution in [0.1, 0.15) is 12.8 Å². The van der Waals surface area contributed by atoms with Gasteiger partial charge in [-0.2, -0.15) is 0 Å². The Balaban J connectivity index is 1.29. The number of benzene rings is 3. The minimum Gasteiger partial charge on any atom is -0.492 e. The molecule has 0 spiro atoms. The van der Waals surface area contributed by atoms with Gasteiger partial charge in [0, 0.05) is 22.5 Å². The maximum atomic E-state index is 6.01. The second-order valence-electron chi connectivity index (χ2n) is 8.03. The molecule has 3 nitrogen and oxygen atoms in total. The van der Waals surface area contributed by atoms with Crippen LogP contribution in [-0.2, 0) is 0 Å². The zero-order valence-electron chi connectivity index (χ0n) is 17.4. The monoisotopic (exact) mass is 428 g/mol. The molecule has 1 saturated heterocycles. The molecule has 0 amide bonds. The van der Waals surface area contributed by atoms with E-state index in [2.05, 4.69) is 47.4 Å². The number of pyridine rings is 1. The summed E-state index contributed by atoms with van der Waals surface area (Å²) >= 11 is 6.01. The van der Waals surface area contributed by atoms with Crippen molar-refractivity contribution in [2.75, 3.05) is 26.2 Å². The van der Waals surface area contributed by atoms with Crippen molar-refractivity contribution in [2.24, 2.45) is 0 Å². The maximum Gasteiger partial charge on any atom is 0.119 e. The molecule has 1 aliphatic rings. The second kappa shape index (κ2) is 9.09. The molecule has 5 rings (SSSR count). The number of hydrogen-bond acceptors (Lipinski definition) is 3. The number of hydrogen-bond donors (Lipinski definition) is 0. The molecular formula is C27H25ClN2O. The predicted octanol–water partition coefficient (Wildman–Crippen LogP) is 6.70. The van der Waals surface area contributed by atoms with E-state index in [4.69, 9.17) is 21.3 Å². The van der Waals surface area contributed by atoms with E-state index in [1.165, 1.54) is 25.9 Å². The minimum atomic E-state index is 0.740. The summed E-state index contributed by atoms with van der Waals surface area (Å²) in [6.45, 7) is 4.16. The molecule has 0 atom stereocenters. The first-order valence-corrected chi connectivity index (χ1v) is 11.2. The number of halogens is 1. The van der Waals surface area contributed by atoms with Crippen molar-refractivity contribution in [2.45, 2.75) is 12.8 Å². The van der Waals surface area contributed by atoms with Crippen LogP contribution in [0.4, 0.5) is 0 Å². The Morgan fingerprint density at radius 3 is 2.26 bits per heavy atom. The van der Waals surface area contributed by atoms with Crippen molar-refractivity contribution in [3.63, 3.8) is 0 Å². The molecule has 2 heterocycles. The zero-order chi connectivity index (χ0) is 21.0. The lowest BCUT2D eigenvalue weighted by molar-refractivity contribution is 0.238. The molecule has 0 bridgehead atoms. The Morgan fingerprint density at radius 1 is 0.774 bits per heavy atom. The van der Waals surface area contributed by atoms with Gasteiger partial charge in [-0.3, -0.25) is 4.90 Å². The summed E-state index contributed by atoms with van der Waals surface area (Å²) in [7, 11) is 0. The summed E-state index contributed by atoms with van der Waals surface area (Å²) in [5, 5.41) is 1.87. The lowest BCUT2D eigenvalue weighted by Gasteiger charge is -2.15. The largest absolute Gasteiger partial charge is 0.492 e. The second-order valence-corrected chi connectivity index (χ2v) is 8.47. The van der Waals surface area contributed by atoms with Gasteiger partial charge < -0.3 is 4.74 Å². The lowest BCUT2D eigenvalue weighted by Crippen LogP contribution is -2.25. The summed E-state index contributed by atoms with van der Waals surface area (Å²) in [5.74, 6) is 0.913. The first kappa shape index (κ1) is 20.0. The van der Waals surface area contributed by atoms with E-state index in [1.807, 2.05) is 36.4 Å². The normalized spacial score (nSPS) is 14.2. The number of aromatic nitrogens is 1.